The summed E-state index contributed by atoms with van der Waals surface area (Å²) in [6.07, 6.45) is 5.27. The van der Waals surface area contributed by atoms with E-state index in [1.54, 1.807) is 11.1 Å². The van der Waals surface area contributed by atoms with E-state index in [2.05, 4.69) is 35.8 Å². The summed E-state index contributed by atoms with van der Waals surface area (Å²) in [6.45, 7) is 5.49. The van der Waals surface area contributed by atoms with Gasteiger partial charge in [0, 0.05) is 19.6 Å². The van der Waals surface area contributed by atoms with Crippen LogP contribution in [-0.4, -0.2) is 19.6 Å². The second-order valence-corrected chi connectivity index (χ2v) is 5.63. The van der Waals surface area contributed by atoms with Crippen LogP contribution in [0.4, 0.5) is 0 Å². The van der Waals surface area contributed by atoms with Crippen LogP contribution in [0.25, 0.3) is 0 Å². The number of aryl methyl sites for hydroxylation is 2. The second kappa shape index (κ2) is 4.43. The third kappa shape index (κ3) is 2.12. The summed E-state index contributed by atoms with van der Waals surface area (Å²) in [7, 11) is 0. The summed E-state index contributed by atoms with van der Waals surface area (Å²) in [5.74, 6) is 0. The standard InChI is InChI=1S/C15H22N2/c1-15(11-16-8-9-17-15)14-7-6-12-4-2-3-5-13(12)10-14/h6-7,10,16-17H,2-5,8-9,11H2,1H3. The molecule has 1 saturated heterocycles. The molecule has 1 aliphatic heterocycles. The third-order valence-electron chi connectivity index (χ3n) is 4.28. The summed E-state index contributed by atoms with van der Waals surface area (Å²) in [4.78, 5) is 0. The van der Waals surface area contributed by atoms with Crippen LogP contribution in [0, 0.1) is 0 Å². The topological polar surface area (TPSA) is 24.1 Å². The average Bonchev–Trinajstić information content (AvgIpc) is 2.39. The van der Waals surface area contributed by atoms with Crippen molar-refractivity contribution in [1.29, 1.82) is 0 Å². The van der Waals surface area contributed by atoms with Crippen molar-refractivity contribution in [2.24, 2.45) is 0 Å². The quantitative estimate of drug-likeness (QED) is 0.771. The molecule has 17 heavy (non-hydrogen) atoms. The molecular formula is C15H22N2. The molecule has 92 valence electrons. The lowest BCUT2D eigenvalue weighted by molar-refractivity contribution is 0.302. The zero-order valence-electron chi connectivity index (χ0n) is 10.7. The Balaban J connectivity index is 1.92. The zero-order chi connectivity index (χ0) is 11.7. The molecule has 1 aromatic carbocycles. The molecule has 0 aromatic heterocycles. The number of rotatable bonds is 1. The maximum absolute atomic E-state index is 3.66. The van der Waals surface area contributed by atoms with Gasteiger partial charge in [0.15, 0.2) is 0 Å². The number of fused-ring (bicyclic) bond motifs is 1. The Kier molecular flexibility index (Phi) is 2.93. The highest BCUT2D eigenvalue weighted by molar-refractivity contribution is 5.37. The molecule has 1 atom stereocenters. The smallest absolute Gasteiger partial charge is 0.0532 e. The molecule has 2 nitrogen and oxygen atoms in total. The number of hydrogen-bond donors (Lipinski definition) is 2. The van der Waals surface area contributed by atoms with Gasteiger partial charge in [-0.25, -0.2) is 0 Å². The van der Waals surface area contributed by atoms with Crippen LogP contribution in [0.15, 0.2) is 18.2 Å². The first-order chi connectivity index (χ1) is 8.28. The minimum absolute atomic E-state index is 0.116. The van der Waals surface area contributed by atoms with Gasteiger partial charge < -0.3 is 10.6 Å². The van der Waals surface area contributed by atoms with Crippen LogP contribution in [0.5, 0.6) is 0 Å². The lowest BCUT2D eigenvalue weighted by Crippen LogP contribution is -2.55. The summed E-state index contributed by atoms with van der Waals surface area (Å²) in [5.41, 5.74) is 4.73. The van der Waals surface area contributed by atoms with E-state index in [9.17, 15) is 0 Å². The van der Waals surface area contributed by atoms with Crippen molar-refractivity contribution >= 4 is 0 Å². The first kappa shape index (κ1) is 11.2. The van der Waals surface area contributed by atoms with Gasteiger partial charge in [0.05, 0.1) is 5.54 Å². The summed E-state index contributed by atoms with van der Waals surface area (Å²) in [5, 5.41) is 7.15. The lowest BCUT2D eigenvalue weighted by atomic mass is 9.84. The highest BCUT2D eigenvalue weighted by Gasteiger charge is 2.28. The highest BCUT2D eigenvalue weighted by Crippen LogP contribution is 2.28. The molecule has 2 aliphatic rings. The molecule has 2 heteroatoms. The molecule has 0 amide bonds. The van der Waals surface area contributed by atoms with E-state index >= 15 is 0 Å². The summed E-state index contributed by atoms with van der Waals surface area (Å²) < 4.78 is 0. The molecule has 1 fully saturated rings. The van der Waals surface area contributed by atoms with Crippen molar-refractivity contribution in [2.75, 3.05) is 19.6 Å². The molecule has 1 unspecified atom stereocenters. The van der Waals surface area contributed by atoms with Gasteiger partial charge in [0.25, 0.3) is 0 Å². The Morgan fingerprint density at radius 3 is 2.65 bits per heavy atom. The lowest BCUT2D eigenvalue weighted by Gasteiger charge is -2.36. The molecule has 0 saturated carbocycles. The monoisotopic (exact) mass is 230 g/mol. The van der Waals surface area contributed by atoms with Gasteiger partial charge in [-0.1, -0.05) is 18.2 Å². The molecule has 3 rings (SSSR count). The fourth-order valence-electron chi connectivity index (χ4n) is 3.11. The molecule has 1 aromatic rings. The molecule has 0 spiro atoms. The van der Waals surface area contributed by atoms with Gasteiger partial charge in [0.1, 0.15) is 0 Å². The maximum Gasteiger partial charge on any atom is 0.0532 e. The van der Waals surface area contributed by atoms with E-state index in [0.717, 1.165) is 19.6 Å². The highest BCUT2D eigenvalue weighted by atomic mass is 15.1. The molecule has 0 radical (unpaired) electrons. The van der Waals surface area contributed by atoms with Gasteiger partial charge in [-0.15, -0.1) is 0 Å². The van der Waals surface area contributed by atoms with Crippen molar-refractivity contribution < 1.29 is 0 Å². The first-order valence-electron chi connectivity index (χ1n) is 6.86. The normalized spacial score (nSPS) is 28.8. The van der Waals surface area contributed by atoms with E-state index < -0.39 is 0 Å². The second-order valence-electron chi connectivity index (χ2n) is 5.63. The van der Waals surface area contributed by atoms with E-state index in [-0.39, 0.29) is 5.54 Å². The minimum Gasteiger partial charge on any atom is -0.313 e. The van der Waals surface area contributed by atoms with Crippen molar-refractivity contribution in [1.82, 2.24) is 10.6 Å². The third-order valence-corrected chi connectivity index (χ3v) is 4.28. The minimum atomic E-state index is 0.116. The predicted octanol–water partition coefficient (Wildman–Crippen LogP) is 1.97. The first-order valence-corrected chi connectivity index (χ1v) is 6.86. The Labute approximate surface area is 104 Å². The molecule has 2 N–H and O–H groups in total. The van der Waals surface area contributed by atoms with Crippen LogP contribution in [0.3, 0.4) is 0 Å². The predicted molar refractivity (Wildman–Crippen MR) is 71.3 cm³/mol. The van der Waals surface area contributed by atoms with Gasteiger partial charge in [-0.2, -0.15) is 0 Å². The molecule has 0 bridgehead atoms. The van der Waals surface area contributed by atoms with Crippen molar-refractivity contribution in [3.63, 3.8) is 0 Å². The Morgan fingerprint density at radius 1 is 1.06 bits per heavy atom. The number of hydrogen-bond acceptors (Lipinski definition) is 2. The summed E-state index contributed by atoms with van der Waals surface area (Å²) in [6, 6.07) is 7.12. The van der Waals surface area contributed by atoms with Crippen LogP contribution in [-0.2, 0) is 18.4 Å². The van der Waals surface area contributed by atoms with E-state index in [4.69, 9.17) is 0 Å². The van der Waals surface area contributed by atoms with Crippen molar-refractivity contribution in [3.05, 3.63) is 34.9 Å². The molecule has 1 aliphatic carbocycles. The van der Waals surface area contributed by atoms with E-state index in [0.29, 0.717) is 0 Å². The number of nitrogens with one attached hydrogen (secondary N) is 2. The van der Waals surface area contributed by atoms with Crippen molar-refractivity contribution in [3.8, 4) is 0 Å². The Morgan fingerprint density at radius 2 is 1.88 bits per heavy atom. The molecule has 1 heterocycles. The van der Waals surface area contributed by atoms with Gasteiger partial charge in [-0.3, -0.25) is 0 Å². The van der Waals surface area contributed by atoms with Crippen LogP contribution < -0.4 is 10.6 Å². The molecular weight excluding hydrogens is 208 g/mol. The fourth-order valence-corrected chi connectivity index (χ4v) is 3.11. The number of piperazine rings is 1. The van der Waals surface area contributed by atoms with Crippen molar-refractivity contribution in [2.45, 2.75) is 38.1 Å². The van der Waals surface area contributed by atoms with E-state index in [1.807, 2.05) is 0 Å². The Bertz CT molecular complexity index is 405. The van der Waals surface area contributed by atoms with Crippen LogP contribution in [0.1, 0.15) is 36.5 Å². The average molecular weight is 230 g/mol. The van der Waals surface area contributed by atoms with Crippen LogP contribution >= 0.6 is 0 Å². The number of benzene rings is 1. The van der Waals surface area contributed by atoms with Gasteiger partial charge >= 0.3 is 0 Å². The maximum atomic E-state index is 3.66. The van der Waals surface area contributed by atoms with Gasteiger partial charge in [0.2, 0.25) is 0 Å². The van der Waals surface area contributed by atoms with Crippen LogP contribution in [0.2, 0.25) is 0 Å². The zero-order valence-corrected chi connectivity index (χ0v) is 10.7. The SMILES string of the molecule is CC1(c2ccc3c(c2)CCCC3)CNCCN1. The largest absolute Gasteiger partial charge is 0.313 e. The fraction of sp³-hybridized carbons (Fsp3) is 0.600. The van der Waals surface area contributed by atoms with E-state index in [1.165, 1.54) is 31.2 Å². The van der Waals surface area contributed by atoms with Gasteiger partial charge in [-0.05, 0) is 49.3 Å². The summed E-state index contributed by atoms with van der Waals surface area (Å²) >= 11 is 0. The Hall–Kier alpha value is -0.860.